The molecule has 0 saturated carbocycles. The molecule has 0 aliphatic rings. The summed E-state index contributed by atoms with van der Waals surface area (Å²) in [5.41, 5.74) is 5.70. The maximum absolute atomic E-state index is 8.95. The smallest absolute Gasteiger partial charge is 0.253 e. The standard InChI is InChI=1S/C10H16N4O2/c1-10(2,3)14-8(12)7(6-11)9(13-14)16-5-4-15/h15H,4-5,12H2,1-3H3. The van der Waals surface area contributed by atoms with E-state index < -0.39 is 0 Å². The van der Waals surface area contributed by atoms with Crippen LogP contribution in [0.15, 0.2) is 0 Å². The molecule has 0 spiro atoms. The zero-order valence-electron chi connectivity index (χ0n) is 9.69. The van der Waals surface area contributed by atoms with Crippen molar-refractivity contribution in [2.45, 2.75) is 26.3 Å². The Labute approximate surface area is 94.2 Å². The molecule has 1 heterocycles. The Morgan fingerprint density at radius 1 is 1.56 bits per heavy atom. The van der Waals surface area contributed by atoms with Gasteiger partial charge in [-0.2, -0.15) is 5.26 Å². The lowest BCUT2D eigenvalue weighted by molar-refractivity contribution is 0.193. The van der Waals surface area contributed by atoms with Crippen molar-refractivity contribution in [3.8, 4) is 11.9 Å². The minimum absolute atomic E-state index is 0.0925. The quantitative estimate of drug-likeness (QED) is 0.777. The second-order valence-electron chi connectivity index (χ2n) is 4.33. The number of nitrogen functional groups attached to an aromatic ring is 1. The molecule has 88 valence electrons. The van der Waals surface area contributed by atoms with Crippen molar-refractivity contribution in [2.75, 3.05) is 18.9 Å². The van der Waals surface area contributed by atoms with Gasteiger partial charge in [0.25, 0.3) is 5.88 Å². The molecule has 0 atom stereocenters. The summed E-state index contributed by atoms with van der Waals surface area (Å²) >= 11 is 0. The number of aliphatic hydroxyl groups excluding tert-OH is 1. The number of nitrogens with two attached hydrogens (primary N) is 1. The summed E-state index contributed by atoms with van der Waals surface area (Å²) in [4.78, 5) is 0. The van der Waals surface area contributed by atoms with E-state index in [1.54, 1.807) is 0 Å². The summed E-state index contributed by atoms with van der Waals surface area (Å²) in [7, 11) is 0. The maximum atomic E-state index is 8.95. The number of hydrogen-bond donors (Lipinski definition) is 2. The first-order chi connectivity index (χ1) is 7.41. The molecule has 0 amide bonds. The third-order valence-corrected chi connectivity index (χ3v) is 1.97. The Morgan fingerprint density at radius 2 is 2.19 bits per heavy atom. The number of ether oxygens (including phenoxy) is 1. The second-order valence-corrected chi connectivity index (χ2v) is 4.33. The van der Waals surface area contributed by atoms with Crippen molar-refractivity contribution in [1.29, 1.82) is 5.26 Å². The van der Waals surface area contributed by atoms with E-state index in [1.165, 1.54) is 4.68 Å². The van der Waals surface area contributed by atoms with E-state index in [-0.39, 0.29) is 36.0 Å². The molecule has 0 aliphatic heterocycles. The highest BCUT2D eigenvalue weighted by Gasteiger charge is 2.24. The molecule has 0 fully saturated rings. The average Bonchev–Trinajstić information content (AvgIpc) is 2.51. The lowest BCUT2D eigenvalue weighted by atomic mass is 10.1. The summed E-state index contributed by atoms with van der Waals surface area (Å²) in [5.74, 6) is 0.451. The van der Waals surface area contributed by atoms with E-state index in [0.717, 1.165) is 0 Å². The maximum Gasteiger partial charge on any atom is 0.253 e. The van der Waals surface area contributed by atoms with Gasteiger partial charge in [0.2, 0.25) is 0 Å². The minimum Gasteiger partial charge on any atom is -0.473 e. The SMILES string of the molecule is CC(C)(C)n1nc(OCCO)c(C#N)c1N. The van der Waals surface area contributed by atoms with Crippen molar-refractivity contribution in [3.63, 3.8) is 0 Å². The molecule has 0 radical (unpaired) electrons. The van der Waals surface area contributed by atoms with Gasteiger partial charge < -0.3 is 15.6 Å². The van der Waals surface area contributed by atoms with Gasteiger partial charge >= 0.3 is 0 Å². The Hall–Kier alpha value is -1.74. The van der Waals surface area contributed by atoms with E-state index in [9.17, 15) is 0 Å². The Bertz CT molecular complexity index is 412. The van der Waals surface area contributed by atoms with Crippen LogP contribution >= 0.6 is 0 Å². The van der Waals surface area contributed by atoms with Crippen LogP contribution in [0.1, 0.15) is 26.3 Å². The van der Waals surface area contributed by atoms with Gasteiger partial charge in [-0.15, -0.1) is 5.10 Å². The number of nitriles is 1. The van der Waals surface area contributed by atoms with Crippen LogP contribution in [0.3, 0.4) is 0 Å². The van der Waals surface area contributed by atoms with Gasteiger partial charge in [-0.1, -0.05) is 0 Å². The van der Waals surface area contributed by atoms with Crippen LogP contribution in [0, 0.1) is 11.3 Å². The monoisotopic (exact) mass is 224 g/mol. The average molecular weight is 224 g/mol. The summed E-state index contributed by atoms with van der Waals surface area (Å²) in [6, 6.07) is 1.95. The molecule has 6 nitrogen and oxygen atoms in total. The molecule has 6 heteroatoms. The van der Waals surface area contributed by atoms with E-state index >= 15 is 0 Å². The normalized spacial score (nSPS) is 11.2. The van der Waals surface area contributed by atoms with Crippen molar-refractivity contribution in [1.82, 2.24) is 9.78 Å². The largest absolute Gasteiger partial charge is 0.473 e. The van der Waals surface area contributed by atoms with Gasteiger partial charge in [0.05, 0.1) is 12.1 Å². The minimum atomic E-state index is -0.323. The highest BCUT2D eigenvalue weighted by Crippen LogP contribution is 2.27. The summed E-state index contributed by atoms with van der Waals surface area (Å²) in [6.07, 6.45) is 0. The van der Waals surface area contributed by atoms with E-state index in [0.29, 0.717) is 0 Å². The molecule has 1 rings (SSSR count). The molecule has 0 bridgehead atoms. The van der Waals surface area contributed by atoms with Crippen LogP contribution in [0.4, 0.5) is 5.82 Å². The van der Waals surface area contributed by atoms with Crippen molar-refractivity contribution in [3.05, 3.63) is 5.56 Å². The molecular weight excluding hydrogens is 208 g/mol. The number of aromatic nitrogens is 2. The van der Waals surface area contributed by atoms with Crippen molar-refractivity contribution >= 4 is 5.82 Å². The first-order valence-corrected chi connectivity index (χ1v) is 4.94. The molecule has 0 aliphatic carbocycles. The second kappa shape index (κ2) is 4.41. The number of anilines is 1. The number of nitrogens with zero attached hydrogens (tertiary/aromatic N) is 3. The molecular formula is C10H16N4O2. The fraction of sp³-hybridized carbons (Fsp3) is 0.600. The summed E-state index contributed by atoms with van der Waals surface area (Å²) in [5, 5.41) is 21.7. The fourth-order valence-electron chi connectivity index (χ4n) is 1.27. The van der Waals surface area contributed by atoms with Crippen LogP contribution in [0.2, 0.25) is 0 Å². The zero-order chi connectivity index (χ0) is 12.3. The van der Waals surface area contributed by atoms with Gasteiger partial charge in [0.1, 0.15) is 18.5 Å². The van der Waals surface area contributed by atoms with Crippen molar-refractivity contribution in [2.24, 2.45) is 0 Å². The van der Waals surface area contributed by atoms with Gasteiger partial charge in [-0.3, -0.25) is 0 Å². The van der Waals surface area contributed by atoms with Crippen LogP contribution in [-0.2, 0) is 5.54 Å². The van der Waals surface area contributed by atoms with E-state index in [2.05, 4.69) is 5.10 Å². The molecule has 0 aromatic carbocycles. The van der Waals surface area contributed by atoms with Crippen LogP contribution in [0.25, 0.3) is 0 Å². The molecule has 16 heavy (non-hydrogen) atoms. The lowest BCUT2D eigenvalue weighted by Gasteiger charge is -2.20. The van der Waals surface area contributed by atoms with Gasteiger partial charge in [-0.25, -0.2) is 4.68 Å². The lowest BCUT2D eigenvalue weighted by Crippen LogP contribution is -2.24. The van der Waals surface area contributed by atoms with Crippen molar-refractivity contribution < 1.29 is 9.84 Å². The molecule has 1 aromatic rings. The predicted octanol–water partition coefficient (Wildman–Crippen LogP) is 0.463. The highest BCUT2D eigenvalue weighted by molar-refractivity contribution is 5.55. The molecule has 0 unspecified atom stereocenters. The third-order valence-electron chi connectivity index (χ3n) is 1.97. The highest BCUT2D eigenvalue weighted by atomic mass is 16.5. The number of hydrogen-bond acceptors (Lipinski definition) is 5. The Morgan fingerprint density at radius 3 is 2.62 bits per heavy atom. The Balaban J connectivity index is 3.16. The zero-order valence-corrected chi connectivity index (χ0v) is 9.69. The van der Waals surface area contributed by atoms with Gasteiger partial charge in [0, 0.05) is 0 Å². The Kier molecular flexibility index (Phi) is 3.40. The summed E-state index contributed by atoms with van der Waals surface area (Å²) < 4.78 is 6.69. The fourth-order valence-corrected chi connectivity index (χ4v) is 1.27. The van der Waals surface area contributed by atoms with E-state index in [4.69, 9.17) is 20.8 Å². The molecule has 0 saturated heterocycles. The van der Waals surface area contributed by atoms with Crippen LogP contribution < -0.4 is 10.5 Å². The number of rotatable bonds is 3. The predicted molar refractivity (Wildman–Crippen MR) is 58.9 cm³/mol. The number of aliphatic hydroxyl groups is 1. The van der Waals surface area contributed by atoms with Gasteiger partial charge in [0.15, 0.2) is 5.56 Å². The first-order valence-electron chi connectivity index (χ1n) is 4.94. The first kappa shape index (κ1) is 12.3. The van der Waals surface area contributed by atoms with Crippen LogP contribution in [-0.4, -0.2) is 28.1 Å². The molecule has 3 N–H and O–H groups in total. The summed E-state index contributed by atoms with van der Waals surface area (Å²) in [6.45, 7) is 5.73. The van der Waals surface area contributed by atoms with Crippen LogP contribution in [0.5, 0.6) is 5.88 Å². The third kappa shape index (κ3) is 2.25. The van der Waals surface area contributed by atoms with E-state index in [1.807, 2.05) is 26.8 Å². The van der Waals surface area contributed by atoms with Gasteiger partial charge in [-0.05, 0) is 20.8 Å². The molecule has 1 aromatic heterocycles. The topological polar surface area (TPSA) is 97.1 Å².